The fourth-order valence-electron chi connectivity index (χ4n) is 1.99. The monoisotopic (exact) mass is 259 g/mol. The summed E-state index contributed by atoms with van der Waals surface area (Å²) in [5.74, 6) is 0.386. The van der Waals surface area contributed by atoms with Crippen molar-refractivity contribution in [2.75, 3.05) is 5.32 Å². The summed E-state index contributed by atoms with van der Waals surface area (Å²) in [5, 5.41) is 31.5. The van der Waals surface area contributed by atoms with Crippen LogP contribution in [0.5, 0.6) is 0 Å². The fraction of sp³-hybridized carbons (Fsp3) is 0.100. The number of nitrogens with one attached hydrogen (secondary N) is 4. The number of nitrogens with zero attached hydrogens (tertiary/aromatic N) is 3. The van der Waals surface area contributed by atoms with Gasteiger partial charge in [-0.25, -0.2) is 4.63 Å². The zero-order chi connectivity index (χ0) is 12.9. The Hall–Kier alpha value is -2.97. The third kappa shape index (κ3) is 1.44. The highest BCUT2D eigenvalue weighted by Gasteiger charge is 2.52. The van der Waals surface area contributed by atoms with Gasteiger partial charge >= 0.3 is 0 Å². The van der Waals surface area contributed by atoms with Gasteiger partial charge < -0.3 is 26.5 Å². The van der Waals surface area contributed by atoms with Crippen LogP contribution in [0.15, 0.2) is 45.5 Å². The van der Waals surface area contributed by atoms with Crippen LogP contribution in [0.1, 0.15) is 5.69 Å². The Bertz CT molecular complexity index is 619. The molecule has 0 unspecified atom stereocenters. The zero-order valence-corrected chi connectivity index (χ0v) is 9.51. The van der Waals surface area contributed by atoms with Crippen LogP contribution in [0.3, 0.4) is 0 Å². The van der Waals surface area contributed by atoms with Crippen molar-refractivity contribution in [3.63, 3.8) is 0 Å². The van der Waals surface area contributed by atoms with E-state index < -0.39 is 5.54 Å². The first-order valence-electron chi connectivity index (χ1n) is 5.54. The second kappa shape index (κ2) is 3.28. The predicted octanol–water partition coefficient (Wildman–Crippen LogP) is -0.638. The van der Waals surface area contributed by atoms with Crippen molar-refractivity contribution in [1.82, 2.24) is 26.3 Å². The van der Waals surface area contributed by atoms with Crippen LogP contribution in [0.25, 0.3) is 0 Å². The topological polar surface area (TPSA) is 149 Å². The highest BCUT2D eigenvalue weighted by molar-refractivity contribution is 5.84. The summed E-state index contributed by atoms with van der Waals surface area (Å²) < 4.78 is 4.66. The Balaban J connectivity index is 1.72. The van der Waals surface area contributed by atoms with Crippen molar-refractivity contribution < 1.29 is 9.84 Å². The van der Waals surface area contributed by atoms with Crippen LogP contribution in [-0.4, -0.2) is 27.3 Å². The highest BCUT2D eigenvalue weighted by Crippen LogP contribution is 2.42. The van der Waals surface area contributed by atoms with Gasteiger partial charge in [0, 0.05) is 18.6 Å². The highest BCUT2D eigenvalue weighted by atomic mass is 16.6. The lowest BCUT2D eigenvalue weighted by molar-refractivity contribution is 0.305. The van der Waals surface area contributed by atoms with E-state index in [0.29, 0.717) is 11.5 Å². The van der Waals surface area contributed by atoms with Gasteiger partial charge in [-0.15, -0.1) is 0 Å². The lowest BCUT2D eigenvalue weighted by Gasteiger charge is -2.26. The maximum Gasteiger partial charge on any atom is 0.201 e. The molecule has 0 saturated carbocycles. The number of hydrogen-bond acceptors (Lipinski definition) is 9. The van der Waals surface area contributed by atoms with E-state index in [-0.39, 0.29) is 0 Å². The molecule has 0 fully saturated rings. The molecule has 0 saturated heterocycles. The minimum atomic E-state index is -0.559. The number of aromatic nitrogens is 2. The molecule has 0 atom stereocenters. The maximum atomic E-state index is 8.59. The lowest BCUT2D eigenvalue weighted by atomic mass is 9.95. The van der Waals surface area contributed by atoms with Crippen molar-refractivity contribution >= 4 is 12.0 Å². The van der Waals surface area contributed by atoms with E-state index in [4.69, 9.17) is 5.21 Å². The van der Waals surface area contributed by atoms with Crippen molar-refractivity contribution in [2.45, 2.75) is 5.54 Å². The Morgan fingerprint density at radius 1 is 1.16 bits per heavy atom. The summed E-state index contributed by atoms with van der Waals surface area (Å²) in [5.41, 5.74) is 2.74. The van der Waals surface area contributed by atoms with E-state index in [1.54, 1.807) is 0 Å². The smallest absolute Gasteiger partial charge is 0.201 e. The largest absolute Gasteiger partial charge is 0.411 e. The SMILES string of the molecule is O/N=C\c1nonc1NC(C1=CN1)(C1=CN1)C1=CN1. The van der Waals surface area contributed by atoms with E-state index in [1.165, 1.54) is 0 Å². The van der Waals surface area contributed by atoms with Gasteiger partial charge in [0.1, 0.15) is 0 Å². The average molecular weight is 259 g/mol. The van der Waals surface area contributed by atoms with E-state index in [1.807, 2.05) is 18.6 Å². The zero-order valence-electron chi connectivity index (χ0n) is 9.51. The minimum Gasteiger partial charge on any atom is -0.411 e. The summed E-state index contributed by atoms with van der Waals surface area (Å²) in [7, 11) is 0. The van der Waals surface area contributed by atoms with Crippen LogP contribution in [0.2, 0.25) is 0 Å². The quantitative estimate of drug-likeness (QED) is 0.257. The van der Waals surface area contributed by atoms with Gasteiger partial charge in [0.15, 0.2) is 11.2 Å². The Morgan fingerprint density at radius 3 is 2.21 bits per heavy atom. The molecule has 4 heterocycles. The number of rotatable bonds is 6. The van der Waals surface area contributed by atoms with Crippen LogP contribution >= 0.6 is 0 Å². The third-order valence-electron chi connectivity index (χ3n) is 3.08. The molecular weight excluding hydrogens is 250 g/mol. The normalized spacial score (nSPS) is 18.6. The van der Waals surface area contributed by atoms with Crippen LogP contribution in [0.4, 0.5) is 5.82 Å². The molecule has 19 heavy (non-hydrogen) atoms. The van der Waals surface area contributed by atoms with E-state index >= 15 is 0 Å². The van der Waals surface area contributed by atoms with Crippen molar-refractivity contribution in [3.8, 4) is 0 Å². The van der Waals surface area contributed by atoms with Crippen LogP contribution in [-0.2, 0) is 0 Å². The molecule has 3 aliphatic heterocycles. The fourth-order valence-corrected chi connectivity index (χ4v) is 1.99. The Kier molecular flexibility index (Phi) is 1.73. The molecule has 96 valence electrons. The van der Waals surface area contributed by atoms with Gasteiger partial charge in [-0.1, -0.05) is 5.16 Å². The van der Waals surface area contributed by atoms with Crippen molar-refractivity contribution in [1.29, 1.82) is 0 Å². The second-order valence-corrected chi connectivity index (χ2v) is 4.22. The van der Waals surface area contributed by atoms with Gasteiger partial charge in [-0.2, -0.15) is 0 Å². The van der Waals surface area contributed by atoms with Crippen molar-refractivity contribution in [3.05, 3.63) is 41.4 Å². The summed E-state index contributed by atoms with van der Waals surface area (Å²) >= 11 is 0. The first kappa shape index (κ1) is 10.00. The number of anilines is 1. The molecule has 3 aliphatic rings. The van der Waals surface area contributed by atoms with Gasteiger partial charge in [0.25, 0.3) is 0 Å². The Labute approximate surface area is 106 Å². The van der Waals surface area contributed by atoms with E-state index in [0.717, 1.165) is 23.3 Å². The standard InChI is InChI=1S/C10H9N7O2/c18-14-1-5-9(17-19-16-5)15-10(6-2-11-6,7-3-12-7)8-4-13-8/h1-4,11-13,18H,(H,15,17)/b14-1-. The van der Waals surface area contributed by atoms with Gasteiger partial charge in [-0.05, 0) is 10.3 Å². The first-order valence-corrected chi connectivity index (χ1v) is 5.54. The molecule has 0 spiro atoms. The first-order chi connectivity index (χ1) is 9.34. The molecule has 0 radical (unpaired) electrons. The summed E-state index contributed by atoms with van der Waals surface area (Å²) in [6, 6.07) is 0. The number of oxime groups is 1. The molecule has 5 N–H and O–H groups in total. The van der Waals surface area contributed by atoms with Crippen LogP contribution < -0.4 is 21.3 Å². The average Bonchev–Trinajstić information content (AvgIpc) is 3.28. The van der Waals surface area contributed by atoms with Crippen molar-refractivity contribution in [2.24, 2.45) is 5.16 Å². The van der Waals surface area contributed by atoms with Gasteiger partial charge in [0.05, 0.1) is 23.3 Å². The molecular formula is C10H9N7O2. The lowest BCUT2D eigenvalue weighted by Crippen LogP contribution is -2.42. The number of hydrogen-bond donors (Lipinski definition) is 5. The van der Waals surface area contributed by atoms with Crippen LogP contribution in [0, 0.1) is 0 Å². The molecule has 0 aliphatic carbocycles. The molecule has 0 bridgehead atoms. The second-order valence-electron chi connectivity index (χ2n) is 4.22. The van der Waals surface area contributed by atoms with E-state index in [2.05, 4.69) is 41.4 Å². The van der Waals surface area contributed by atoms with Gasteiger partial charge in [0.2, 0.25) is 5.82 Å². The summed E-state index contributed by atoms with van der Waals surface area (Å²) in [6.07, 6.45) is 6.83. The molecule has 1 aromatic rings. The summed E-state index contributed by atoms with van der Waals surface area (Å²) in [4.78, 5) is 0. The molecule has 4 rings (SSSR count). The predicted molar refractivity (Wildman–Crippen MR) is 63.7 cm³/mol. The summed E-state index contributed by atoms with van der Waals surface area (Å²) in [6.45, 7) is 0. The molecule has 0 amide bonds. The van der Waals surface area contributed by atoms with E-state index in [9.17, 15) is 0 Å². The molecule has 9 heteroatoms. The molecule has 0 aromatic carbocycles. The maximum absolute atomic E-state index is 8.59. The minimum absolute atomic E-state index is 0.315. The third-order valence-corrected chi connectivity index (χ3v) is 3.08. The van der Waals surface area contributed by atoms with Gasteiger partial charge in [-0.3, -0.25) is 0 Å². The molecule has 9 nitrogen and oxygen atoms in total. The molecule has 1 aromatic heterocycles. The Morgan fingerprint density at radius 2 is 1.74 bits per heavy atom.